The van der Waals surface area contributed by atoms with Gasteiger partial charge in [-0.1, -0.05) is 12.0 Å². The van der Waals surface area contributed by atoms with Crippen molar-refractivity contribution >= 4 is 6.01 Å². The summed E-state index contributed by atoms with van der Waals surface area (Å²) in [4.78, 5) is 2.07. The average Bonchev–Trinajstić information content (AvgIpc) is 2.94. The molecule has 1 aliphatic rings. The largest absolute Gasteiger partial charge is 0.407 e. The van der Waals surface area contributed by atoms with Crippen molar-refractivity contribution in [1.82, 2.24) is 15.5 Å². The Bertz CT molecular complexity index is 328. The molecule has 1 aliphatic heterocycles. The predicted octanol–water partition coefficient (Wildman–Crippen LogP) is 0.404. The Balaban J connectivity index is 1.92. The van der Waals surface area contributed by atoms with E-state index in [-0.39, 0.29) is 6.10 Å². The van der Waals surface area contributed by atoms with Crippen LogP contribution in [0.1, 0.15) is 19.2 Å². The fraction of sp³-hybridized carbons (Fsp3) is 0.800. The van der Waals surface area contributed by atoms with Gasteiger partial charge < -0.3 is 19.4 Å². The van der Waals surface area contributed by atoms with E-state index in [1.807, 2.05) is 6.92 Å². The van der Waals surface area contributed by atoms with E-state index in [9.17, 15) is 0 Å². The topological polar surface area (TPSA) is 63.4 Å². The molecule has 1 aromatic rings. The Morgan fingerprint density at radius 3 is 3.12 bits per heavy atom. The number of nitrogens with zero attached hydrogens (tertiary/aromatic N) is 3. The summed E-state index contributed by atoms with van der Waals surface area (Å²) in [6.07, 6.45) is 1.30. The molecule has 0 aromatic carbocycles. The first-order chi connectivity index (χ1) is 7.83. The molecule has 1 unspecified atom stereocenters. The summed E-state index contributed by atoms with van der Waals surface area (Å²) in [5.41, 5.74) is 0. The summed E-state index contributed by atoms with van der Waals surface area (Å²) in [5.74, 6) is 0.637. The first kappa shape index (κ1) is 11.3. The maximum absolute atomic E-state index is 5.55. The van der Waals surface area contributed by atoms with Gasteiger partial charge in [0, 0.05) is 20.2 Å². The molecule has 1 atom stereocenters. The van der Waals surface area contributed by atoms with Gasteiger partial charge in [-0.15, -0.1) is 5.10 Å². The van der Waals surface area contributed by atoms with Gasteiger partial charge in [-0.25, -0.2) is 0 Å². The van der Waals surface area contributed by atoms with Gasteiger partial charge in [-0.05, 0) is 13.0 Å². The number of hydrogen-bond donors (Lipinski definition) is 1. The second kappa shape index (κ2) is 5.27. The van der Waals surface area contributed by atoms with Gasteiger partial charge in [0.15, 0.2) is 0 Å². The highest BCUT2D eigenvalue weighted by Gasteiger charge is 2.25. The number of methoxy groups -OCH3 is 1. The van der Waals surface area contributed by atoms with Crippen molar-refractivity contribution < 1.29 is 9.15 Å². The minimum Gasteiger partial charge on any atom is -0.407 e. The van der Waals surface area contributed by atoms with Crippen molar-refractivity contribution in [3.63, 3.8) is 0 Å². The molecular weight excluding hydrogens is 208 g/mol. The molecule has 6 heteroatoms. The molecule has 6 nitrogen and oxygen atoms in total. The molecule has 1 aromatic heterocycles. The van der Waals surface area contributed by atoms with Crippen LogP contribution in [0.15, 0.2) is 4.42 Å². The van der Waals surface area contributed by atoms with Crippen LogP contribution in [0, 0.1) is 0 Å². The molecule has 16 heavy (non-hydrogen) atoms. The van der Waals surface area contributed by atoms with Gasteiger partial charge in [-0.2, -0.15) is 0 Å². The fourth-order valence-electron chi connectivity index (χ4n) is 1.77. The summed E-state index contributed by atoms with van der Waals surface area (Å²) in [5, 5.41) is 11.2. The normalized spacial score (nSPS) is 20.6. The zero-order valence-electron chi connectivity index (χ0n) is 9.77. The second-order valence-electron chi connectivity index (χ2n) is 3.85. The zero-order valence-corrected chi connectivity index (χ0v) is 9.77. The van der Waals surface area contributed by atoms with E-state index in [0.29, 0.717) is 18.5 Å². The standard InChI is InChI=1S/C10H18N4O2/c1-3-11-6-9-12-13-10(16-9)14-5-4-8(7-14)15-2/h8,11H,3-7H2,1-2H3. The van der Waals surface area contributed by atoms with Gasteiger partial charge in [0.05, 0.1) is 12.6 Å². The van der Waals surface area contributed by atoms with E-state index in [1.54, 1.807) is 7.11 Å². The number of anilines is 1. The van der Waals surface area contributed by atoms with E-state index in [1.165, 1.54) is 0 Å². The molecular formula is C10H18N4O2. The number of rotatable bonds is 5. The monoisotopic (exact) mass is 226 g/mol. The third kappa shape index (κ3) is 2.51. The Morgan fingerprint density at radius 2 is 2.44 bits per heavy atom. The lowest BCUT2D eigenvalue weighted by molar-refractivity contribution is 0.120. The van der Waals surface area contributed by atoms with Gasteiger partial charge in [0.1, 0.15) is 0 Å². The summed E-state index contributed by atoms with van der Waals surface area (Å²) < 4.78 is 10.8. The minimum absolute atomic E-state index is 0.282. The lowest BCUT2D eigenvalue weighted by Crippen LogP contribution is -2.22. The fourth-order valence-corrected chi connectivity index (χ4v) is 1.77. The van der Waals surface area contributed by atoms with E-state index >= 15 is 0 Å². The molecule has 90 valence electrons. The van der Waals surface area contributed by atoms with Crippen molar-refractivity contribution in [3.8, 4) is 0 Å². The first-order valence-corrected chi connectivity index (χ1v) is 5.64. The first-order valence-electron chi connectivity index (χ1n) is 5.64. The number of nitrogens with one attached hydrogen (secondary N) is 1. The van der Waals surface area contributed by atoms with Crippen molar-refractivity contribution in [1.29, 1.82) is 0 Å². The SMILES string of the molecule is CCNCc1nnc(N2CCC(OC)C2)o1. The molecule has 0 bridgehead atoms. The quantitative estimate of drug-likeness (QED) is 0.784. The van der Waals surface area contributed by atoms with E-state index in [2.05, 4.69) is 20.4 Å². The highest BCUT2D eigenvalue weighted by molar-refractivity contribution is 5.26. The lowest BCUT2D eigenvalue weighted by Gasteiger charge is -2.11. The second-order valence-corrected chi connectivity index (χ2v) is 3.85. The Morgan fingerprint density at radius 1 is 1.56 bits per heavy atom. The van der Waals surface area contributed by atoms with Gasteiger partial charge in [0.25, 0.3) is 0 Å². The van der Waals surface area contributed by atoms with Crippen molar-refractivity contribution in [2.75, 3.05) is 31.6 Å². The number of aromatic nitrogens is 2. The third-order valence-electron chi connectivity index (χ3n) is 2.73. The van der Waals surface area contributed by atoms with Crippen LogP contribution < -0.4 is 10.2 Å². The molecule has 0 aliphatic carbocycles. The molecule has 0 amide bonds. The molecule has 0 radical (unpaired) electrons. The molecule has 0 saturated carbocycles. The molecule has 2 heterocycles. The Kier molecular flexibility index (Phi) is 3.74. The molecule has 1 saturated heterocycles. The van der Waals surface area contributed by atoms with E-state index < -0.39 is 0 Å². The summed E-state index contributed by atoms with van der Waals surface area (Å²) in [6.45, 7) is 5.32. The molecule has 1 fully saturated rings. The molecule has 2 rings (SSSR count). The van der Waals surface area contributed by atoms with Crippen LogP contribution in [-0.4, -0.2) is 43.0 Å². The van der Waals surface area contributed by atoms with Crippen molar-refractivity contribution in [3.05, 3.63) is 5.89 Å². The van der Waals surface area contributed by atoms with Gasteiger partial charge >= 0.3 is 6.01 Å². The van der Waals surface area contributed by atoms with Crippen molar-refractivity contribution in [2.45, 2.75) is 26.0 Å². The Hall–Kier alpha value is -1.14. The van der Waals surface area contributed by atoms with Crippen LogP contribution in [0.2, 0.25) is 0 Å². The maximum atomic E-state index is 5.55. The summed E-state index contributed by atoms with van der Waals surface area (Å²) >= 11 is 0. The minimum atomic E-state index is 0.282. The molecule has 1 N–H and O–H groups in total. The summed E-state index contributed by atoms with van der Waals surface area (Å²) in [7, 11) is 1.73. The third-order valence-corrected chi connectivity index (χ3v) is 2.73. The number of ether oxygens (including phenoxy) is 1. The number of hydrogen-bond acceptors (Lipinski definition) is 6. The predicted molar refractivity (Wildman–Crippen MR) is 59.3 cm³/mol. The van der Waals surface area contributed by atoms with Crippen molar-refractivity contribution in [2.24, 2.45) is 0 Å². The van der Waals surface area contributed by atoms with Gasteiger partial charge in [0.2, 0.25) is 5.89 Å². The highest BCUT2D eigenvalue weighted by Crippen LogP contribution is 2.19. The van der Waals surface area contributed by atoms with Crippen LogP contribution in [-0.2, 0) is 11.3 Å². The van der Waals surface area contributed by atoms with Crippen LogP contribution >= 0.6 is 0 Å². The van der Waals surface area contributed by atoms with Crippen LogP contribution in [0.25, 0.3) is 0 Å². The molecule has 0 spiro atoms. The van der Waals surface area contributed by atoms with E-state index in [0.717, 1.165) is 26.1 Å². The van der Waals surface area contributed by atoms with Crippen LogP contribution in [0.4, 0.5) is 6.01 Å². The van der Waals surface area contributed by atoms with Gasteiger partial charge in [-0.3, -0.25) is 0 Å². The Labute approximate surface area is 95.0 Å². The lowest BCUT2D eigenvalue weighted by atomic mass is 10.3. The highest BCUT2D eigenvalue weighted by atomic mass is 16.5. The smallest absolute Gasteiger partial charge is 0.318 e. The average molecular weight is 226 g/mol. The van der Waals surface area contributed by atoms with E-state index in [4.69, 9.17) is 9.15 Å². The van der Waals surface area contributed by atoms with Crippen LogP contribution in [0.5, 0.6) is 0 Å². The summed E-state index contributed by atoms with van der Waals surface area (Å²) in [6, 6.07) is 0.604. The zero-order chi connectivity index (χ0) is 11.4. The van der Waals surface area contributed by atoms with Crippen LogP contribution in [0.3, 0.4) is 0 Å². The maximum Gasteiger partial charge on any atom is 0.318 e.